The number of nitrogens with two attached hydrogens (primary N) is 1. The summed E-state index contributed by atoms with van der Waals surface area (Å²) in [5, 5.41) is 8.92. The number of hydrogen-bond acceptors (Lipinski definition) is 4. The Kier molecular flexibility index (Phi) is 2.88. The molecule has 0 aromatic carbocycles. The zero-order valence-corrected chi connectivity index (χ0v) is 6.90. The van der Waals surface area contributed by atoms with E-state index >= 15 is 0 Å². The lowest BCUT2D eigenvalue weighted by Gasteiger charge is -2.08. The van der Waals surface area contributed by atoms with Crippen LogP contribution in [0.1, 0.15) is 6.92 Å². The zero-order valence-electron chi connectivity index (χ0n) is 6.90. The number of aliphatic hydroxyl groups is 1. The van der Waals surface area contributed by atoms with Crippen molar-refractivity contribution >= 4 is 5.82 Å². The number of aromatic nitrogens is 1. The van der Waals surface area contributed by atoms with Crippen molar-refractivity contribution in [3.8, 4) is 5.75 Å². The molecule has 0 aliphatic heterocycles. The van der Waals surface area contributed by atoms with Crippen molar-refractivity contribution in [1.29, 1.82) is 0 Å². The molecule has 0 bridgehead atoms. The van der Waals surface area contributed by atoms with Crippen LogP contribution in [0, 0.1) is 0 Å². The quantitative estimate of drug-likeness (QED) is 0.686. The van der Waals surface area contributed by atoms with Crippen molar-refractivity contribution in [2.24, 2.45) is 0 Å². The Hall–Kier alpha value is -1.29. The highest BCUT2D eigenvalue weighted by molar-refractivity contribution is 5.44. The number of ether oxygens (including phenoxy) is 1. The number of hydrogen-bond donors (Lipinski definition) is 2. The molecule has 0 saturated carbocycles. The molecule has 1 unspecified atom stereocenters. The summed E-state index contributed by atoms with van der Waals surface area (Å²) >= 11 is 0. The van der Waals surface area contributed by atoms with Crippen LogP contribution in [0.4, 0.5) is 5.82 Å². The van der Waals surface area contributed by atoms with E-state index in [2.05, 4.69) is 4.98 Å². The summed E-state index contributed by atoms with van der Waals surface area (Å²) in [5.41, 5.74) is 5.49. The van der Waals surface area contributed by atoms with E-state index in [0.29, 0.717) is 11.6 Å². The van der Waals surface area contributed by atoms with Crippen LogP contribution in [0.5, 0.6) is 5.75 Å². The predicted molar refractivity (Wildman–Crippen MR) is 45.8 cm³/mol. The maximum Gasteiger partial charge on any atom is 0.166 e. The normalized spacial score (nSPS) is 12.5. The molecule has 0 fully saturated rings. The molecule has 66 valence electrons. The molecule has 0 aliphatic carbocycles. The van der Waals surface area contributed by atoms with Gasteiger partial charge in [-0.2, -0.15) is 0 Å². The van der Waals surface area contributed by atoms with Gasteiger partial charge in [-0.05, 0) is 19.1 Å². The molecule has 1 heterocycles. The molecule has 0 spiro atoms. The van der Waals surface area contributed by atoms with Gasteiger partial charge in [0.05, 0.1) is 6.10 Å². The van der Waals surface area contributed by atoms with Crippen molar-refractivity contribution in [2.45, 2.75) is 13.0 Å². The van der Waals surface area contributed by atoms with Gasteiger partial charge < -0.3 is 15.6 Å². The van der Waals surface area contributed by atoms with E-state index in [1.807, 2.05) is 0 Å². The Morgan fingerprint density at radius 3 is 3.08 bits per heavy atom. The Bertz CT molecular complexity index is 251. The van der Waals surface area contributed by atoms with Gasteiger partial charge in [0, 0.05) is 6.20 Å². The van der Waals surface area contributed by atoms with Gasteiger partial charge in [-0.15, -0.1) is 0 Å². The standard InChI is InChI=1S/C8H12N2O2/c1-6(11)5-12-7-3-2-4-10-8(7)9/h2-4,6,11H,5H2,1H3,(H2,9,10). The molecule has 1 atom stereocenters. The average molecular weight is 168 g/mol. The third-order valence-electron chi connectivity index (χ3n) is 1.28. The van der Waals surface area contributed by atoms with Crippen LogP contribution in [0.25, 0.3) is 0 Å². The van der Waals surface area contributed by atoms with Gasteiger partial charge in [0.15, 0.2) is 11.6 Å². The molecule has 4 nitrogen and oxygen atoms in total. The van der Waals surface area contributed by atoms with Gasteiger partial charge >= 0.3 is 0 Å². The van der Waals surface area contributed by atoms with Crippen molar-refractivity contribution < 1.29 is 9.84 Å². The van der Waals surface area contributed by atoms with Crippen LogP contribution in [0.2, 0.25) is 0 Å². The maximum absolute atomic E-state index is 8.92. The smallest absolute Gasteiger partial charge is 0.166 e. The molecule has 1 aromatic rings. The minimum atomic E-state index is -0.496. The molecule has 12 heavy (non-hydrogen) atoms. The molecule has 0 aliphatic rings. The number of nitrogens with zero attached hydrogens (tertiary/aromatic N) is 1. The Morgan fingerprint density at radius 2 is 2.50 bits per heavy atom. The van der Waals surface area contributed by atoms with Gasteiger partial charge in [0.1, 0.15) is 6.61 Å². The van der Waals surface area contributed by atoms with Crippen molar-refractivity contribution in [3.05, 3.63) is 18.3 Å². The lowest BCUT2D eigenvalue weighted by atomic mass is 10.4. The highest BCUT2D eigenvalue weighted by Crippen LogP contribution is 2.16. The van der Waals surface area contributed by atoms with E-state index < -0.39 is 6.10 Å². The van der Waals surface area contributed by atoms with E-state index in [-0.39, 0.29) is 6.61 Å². The van der Waals surface area contributed by atoms with Crippen molar-refractivity contribution in [2.75, 3.05) is 12.3 Å². The molecule has 0 amide bonds. The van der Waals surface area contributed by atoms with E-state index in [1.165, 1.54) is 0 Å². The fraction of sp³-hybridized carbons (Fsp3) is 0.375. The molecular weight excluding hydrogens is 156 g/mol. The van der Waals surface area contributed by atoms with E-state index in [4.69, 9.17) is 15.6 Å². The first-order valence-corrected chi connectivity index (χ1v) is 3.71. The van der Waals surface area contributed by atoms with Gasteiger partial charge in [0.2, 0.25) is 0 Å². The fourth-order valence-corrected chi connectivity index (χ4v) is 0.735. The first-order valence-electron chi connectivity index (χ1n) is 3.71. The summed E-state index contributed by atoms with van der Waals surface area (Å²) in [5.74, 6) is 0.858. The lowest BCUT2D eigenvalue weighted by Crippen LogP contribution is -2.13. The van der Waals surface area contributed by atoms with Crippen LogP contribution in [0.15, 0.2) is 18.3 Å². The van der Waals surface area contributed by atoms with Gasteiger partial charge in [-0.25, -0.2) is 4.98 Å². The van der Waals surface area contributed by atoms with Crippen LogP contribution in [-0.4, -0.2) is 22.8 Å². The SMILES string of the molecule is CC(O)COc1cccnc1N. The molecule has 1 aromatic heterocycles. The van der Waals surface area contributed by atoms with Crippen molar-refractivity contribution in [1.82, 2.24) is 4.98 Å². The molecule has 0 saturated heterocycles. The zero-order chi connectivity index (χ0) is 8.97. The predicted octanol–water partition coefficient (Wildman–Crippen LogP) is 0.423. The second kappa shape index (κ2) is 3.92. The molecule has 3 N–H and O–H groups in total. The lowest BCUT2D eigenvalue weighted by molar-refractivity contribution is 0.123. The van der Waals surface area contributed by atoms with E-state index in [9.17, 15) is 0 Å². The number of nitrogen functional groups attached to an aromatic ring is 1. The minimum absolute atomic E-state index is 0.232. The molecule has 4 heteroatoms. The minimum Gasteiger partial charge on any atom is -0.487 e. The van der Waals surface area contributed by atoms with Crippen LogP contribution < -0.4 is 10.5 Å². The summed E-state index contributed by atoms with van der Waals surface area (Å²) in [6.07, 6.45) is 1.09. The maximum atomic E-state index is 8.92. The summed E-state index contributed by atoms with van der Waals surface area (Å²) in [6.45, 7) is 1.88. The van der Waals surface area contributed by atoms with Gasteiger partial charge in [0.25, 0.3) is 0 Å². The summed E-state index contributed by atoms with van der Waals surface area (Å²) in [4.78, 5) is 3.83. The first-order chi connectivity index (χ1) is 5.70. The highest BCUT2D eigenvalue weighted by Gasteiger charge is 2.01. The first kappa shape index (κ1) is 8.80. The summed E-state index contributed by atoms with van der Waals surface area (Å²) in [6, 6.07) is 3.44. The van der Waals surface area contributed by atoms with Gasteiger partial charge in [-0.1, -0.05) is 0 Å². The van der Waals surface area contributed by atoms with E-state index in [0.717, 1.165) is 0 Å². The fourth-order valence-electron chi connectivity index (χ4n) is 0.735. The Morgan fingerprint density at radius 1 is 1.75 bits per heavy atom. The Labute approximate surface area is 71.0 Å². The van der Waals surface area contributed by atoms with Crippen molar-refractivity contribution in [3.63, 3.8) is 0 Å². The molecular formula is C8H12N2O2. The monoisotopic (exact) mass is 168 g/mol. The van der Waals surface area contributed by atoms with Crippen LogP contribution >= 0.6 is 0 Å². The topological polar surface area (TPSA) is 68.4 Å². The highest BCUT2D eigenvalue weighted by atomic mass is 16.5. The summed E-state index contributed by atoms with van der Waals surface area (Å²) in [7, 11) is 0. The average Bonchev–Trinajstić information content (AvgIpc) is 2.03. The third-order valence-corrected chi connectivity index (χ3v) is 1.28. The second-order valence-corrected chi connectivity index (χ2v) is 2.55. The second-order valence-electron chi connectivity index (χ2n) is 2.55. The number of anilines is 1. The van der Waals surface area contributed by atoms with E-state index in [1.54, 1.807) is 25.3 Å². The summed E-state index contributed by atoms with van der Waals surface area (Å²) < 4.78 is 5.16. The van der Waals surface area contributed by atoms with Gasteiger partial charge in [-0.3, -0.25) is 0 Å². The van der Waals surface area contributed by atoms with Crippen LogP contribution in [-0.2, 0) is 0 Å². The molecule has 1 rings (SSSR count). The number of pyridine rings is 1. The number of aliphatic hydroxyl groups excluding tert-OH is 1. The third kappa shape index (κ3) is 2.39. The number of rotatable bonds is 3. The molecule has 0 radical (unpaired) electrons. The van der Waals surface area contributed by atoms with Crippen LogP contribution in [0.3, 0.4) is 0 Å². The Balaban J connectivity index is 2.57. The largest absolute Gasteiger partial charge is 0.487 e.